The first kappa shape index (κ1) is 17.4. The Bertz CT molecular complexity index is 583. The lowest BCUT2D eigenvalue weighted by Gasteiger charge is -2.33. The number of esters is 2. The van der Waals surface area contributed by atoms with E-state index in [2.05, 4.69) is 0 Å². The van der Waals surface area contributed by atoms with E-state index in [0.717, 1.165) is 14.2 Å². The first-order chi connectivity index (χ1) is 10.8. The fourth-order valence-electron chi connectivity index (χ4n) is 2.69. The van der Waals surface area contributed by atoms with Crippen molar-refractivity contribution >= 4 is 11.9 Å². The van der Waals surface area contributed by atoms with E-state index in [1.807, 2.05) is 0 Å². The third-order valence-corrected chi connectivity index (χ3v) is 3.65. The van der Waals surface area contributed by atoms with Gasteiger partial charge in [-0.05, 0) is 19.4 Å². The van der Waals surface area contributed by atoms with E-state index in [9.17, 15) is 14.7 Å². The molecule has 1 saturated heterocycles. The van der Waals surface area contributed by atoms with Crippen LogP contribution in [0.3, 0.4) is 0 Å². The van der Waals surface area contributed by atoms with Gasteiger partial charge in [-0.2, -0.15) is 0 Å². The lowest BCUT2D eigenvalue weighted by molar-refractivity contribution is -0.206. The average molecular weight is 324 g/mol. The molecule has 1 aliphatic rings. The zero-order valence-corrected chi connectivity index (χ0v) is 13.4. The number of carbonyl (C=O) groups is 2. The average Bonchev–Trinajstić information content (AvgIpc) is 2.86. The van der Waals surface area contributed by atoms with Crippen molar-refractivity contribution in [2.45, 2.75) is 37.4 Å². The molecule has 2 rings (SSSR count). The topological polar surface area (TPSA) is 91.3 Å². The minimum absolute atomic E-state index is 0.383. The Hall–Kier alpha value is -1.96. The molecule has 0 aliphatic carbocycles. The van der Waals surface area contributed by atoms with Gasteiger partial charge >= 0.3 is 11.9 Å². The summed E-state index contributed by atoms with van der Waals surface area (Å²) in [5.74, 6) is -3.05. The summed E-state index contributed by atoms with van der Waals surface area (Å²) in [5.41, 5.74) is -1.68. The van der Waals surface area contributed by atoms with E-state index in [-0.39, 0.29) is 0 Å². The molecule has 0 unspecified atom stereocenters. The molecule has 0 bridgehead atoms. The number of carbonyl (C=O) groups excluding carboxylic acids is 2. The maximum atomic E-state index is 12.5. The molecule has 7 heteroatoms. The predicted octanol–water partition coefficient (Wildman–Crippen LogP) is 0.956. The van der Waals surface area contributed by atoms with E-state index < -0.39 is 35.5 Å². The Morgan fingerprint density at radius 2 is 1.78 bits per heavy atom. The van der Waals surface area contributed by atoms with E-state index in [4.69, 9.17) is 18.9 Å². The van der Waals surface area contributed by atoms with Crippen molar-refractivity contribution in [2.24, 2.45) is 0 Å². The maximum Gasteiger partial charge on any atom is 0.344 e. The summed E-state index contributed by atoms with van der Waals surface area (Å²) in [4.78, 5) is 24.6. The fraction of sp³-hybridized carbons (Fsp3) is 0.500. The van der Waals surface area contributed by atoms with Gasteiger partial charge in [0.25, 0.3) is 0 Å². The van der Waals surface area contributed by atoms with Crippen LogP contribution in [0, 0.1) is 0 Å². The summed E-state index contributed by atoms with van der Waals surface area (Å²) < 4.78 is 20.7. The van der Waals surface area contributed by atoms with Gasteiger partial charge in [-0.15, -0.1) is 0 Å². The van der Waals surface area contributed by atoms with Crippen molar-refractivity contribution < 1.29 is 33.6 Å². The van der Waals surface area contributed by atoms with Crippen LogP contribution < -0.4 is 0 Å². The highest BCUT2D eigenvalue weighted by Gasteiger charge is 2.67. The first-order valence-electron chi connectivity index (χ1n) is 7.05. The number of aliphatic hydroxyl groups is 1. The van der Waals surface area contributed by atoms with E-state index in [0.29, 0.717) is 5.56 Å². The Balaban J connectivity index is 2.58. The lowest BCUT2D eigenvalue weighted by atomic mass is 9.85. The van der Waals surface area contributed by atoms with Crippen LogP contribution in [0.5, 0.6) is 0 Å². The van der Waals surface area contributed by atoms with E-state index >= 15 is 0 Å². The molecule has 0 spiro atoms. The molecule has 3 atom stereocenters. The molecule has 1 aromatic rings. The van der Waals surface area contributed by atoms with Gasteiger partial charge in [0.05, 0.1) is 14.2 Å². The minimum Gasteiger partial charge on any atom is -0.467 e. The van der Waals surface area contributed by atoms with Crippen LogP contribution in [0.1, 0.15) is 25.5 Å². The zero-order chi connectivity index (χ0) is 17.3. The van der Waals surface area contributed by atoms with Crippen LogP contribution in [-0.2, 0) is 28.5 Å². The highest BCUT2D eigenvalue weighted by molar-refractivity contribution is 5.91. The van der Waals surface area contributed by atoms with Gasteiger partial charge in [-0.3, -0.25) is 0 Å². The lowest BCUT2D eigenvalue weighted by Crippen LogP contribution is -2.56. The van der Waals surface area contributed by atoms with Crippen LogP contribution in [0.4, 0.5) is 0 Å². The summed E-state index contributed by atoms with van der Waals surface area (Å²) >= 11 is 0. The normalized spacial score (nSPS) is 27.3. The van der Waals surface area contributed by atoms with Crippen molar-refractivity contribution in [3.8, 4) is 0 Å². The maximum absolute atomic E-state index is 12.5. The minimum atomic E-state index is -2.06. The number of rotatable bonds is 4. The third-order valence-electron chi connectivity index (χ3n) is 3.65. The van der Waals surface area contributed by atoms with Gasteiger partial charge in [0.1, 0.15) is 6.10 Å². The molecule has 23 heavy (non-hydrogen) atoms. The number of aliphatic hydroxyl groups excluding tert-OH is 1. The van der Waals surface area contributed by atoms with Crippen LogP contribution in [0.25, 0.3) is 0 Å². The van der Waals surface area contributed by atoms with Gasteiger partial charge in [0.15, 0.2) is 5.79 Å². The summed E-state index contributed by atoms with van der Waals surface area (Å²) in [5, 5.41) is 10.8. The summed E-state index contributed by atoms with van der Waals surface area (Å²) in [6.45, 7) is 3.07. The van der Waals surface area contributed by atoms with Crippen molar-refractivity contribution in [2.75, 3.05) is 14.2 Å². The standard InChI is InChI=1S/C16H20O7/c1-15(2)22-12(13(18)20-3)16(23-15,14(19)21-4)11(17)10-8-6-5-7-9-10/h5-9,11-12,17H,1-4H3/t11-,12-,16-/m1/s1. The number of hydrogen-bond donors (Lipinski definition) is 1. The van der Waals surface area contributed by atoms with Crippen LogP contribution in [0.15, 0.2) is 30.3 Å². The highest BCUT2D eigenvalue weighted by Crippen LogP contribution is 2.45. The first-order valence-corrected chi connectivity index (χ1v) is 7.05. The molecule has 1 aromatic carbocycles. The molecule has 126 valence electrons. The Labute approximate surface area is 134 Å². The third kappa shape index (κ3) is 2.95. The smallest absolute Gasteiger partial charge is 0.344 e. The Kier molecular flexibility index (Phi) is 4.74. The van der Waals surface area contributed by atoms with Gasteiger partial charge in [-0.25, -0.2) is 9.59 Å². The van der Waals surface area contributed by atoms with Gasteiger partial charge in [0.2, 0.25) is 11.7 Å². The van der Waals surface area contributed by atoms with Crippen molar-refractivity contribution in [1.82, 2.24) is 0 Å². The molecule has 1 heterocycles. The van der Waals surface area contributed by atoms with Gasteiger partial charge in [-0.1, -0.05) is 30.3 Å². The monoisotopic (exact) mass is 324 g/mol. The second-order valence-corrected chi connectivity index (χ2v) is 5.62. The summed E-state index contributed by atoms with van der Waals surface area (Å²) in [6, 6.07) is 8.36. The molecule has 0 radical (unpaired) electrons. The highest BCUT2D eigenvalue weighted by atomic mass is 16.8. The second kappa shape index (κ2) is 6.27. The van der Waals surface area contributed by atoms with E-state index in [1.54, 1.807) is 30.3 Å². The van der Waals surface area contributed by atoms with Crippen LogP contribution in [-0.4, -0.2) is 48.8 Å². The Morgan fingerprint density at radius 3 is 2.30 bits per heavy atom. The molecule has 0 saturated carbocycles. The van der Waals surface area contributed by atoms with Crippen molar-refractivity contribution in [3.05, 3.63) is 35.9 Å². The molecule has 0 amide bonds. The molecule has 1 fully saturated rings. The molecular weight excluding hydrogens is 304 g/mol. The number of hydrogen-bond acceptors (Lipinski definition) is 7. The summed E-state index contributed by atoms with van der Waals surface area (Å²) in [6.07, 6.45) is -2.95. The largest absolute Gasteiger partial charge is 0.467 e. The molecule has 0 aromatic heterocycles. The van der Waals surface area contributed by atoms with Gasteiger partial charge in [0, 0.05) is 0 Å². The second-order valence-electron chi connectivity index (χ2n) is 5.62. The number of ether oxygens (including phenoxy) is 4. The van der Waals surface area contributed by atoms with E-state index in [1.165, 1.54) is 13.8 Å². The van der Waals surface area contributed by atoms with Crippen LogP contribution >= 0.6 is 0 Å². The Morgan fingerprint density at radius 1 is 1.17 bits per heavy atom. The van der Waals surface area contributed by atoms with Gasteiger partial charge < -0.3 is 24.1 Å². The van der Waals surface area contributed by atoms with Crippen molar-refractivity contribution in [3.63, 3.8) is 0 Å². The van der Waals surface area contributed by atoms with Crippen molar-refractivity contribution in [1.29, 1.82) is 0 Å². The molecule has 1 aliphatic heterocycles. The van der Waals surface area contributed by atoms with Crippen LogP contribution in [0.2, 0.25) is 0 Å². The molecule has 1 N–H and O–H groups in total. The SMILES string of the molecule is COC(=O)[C@H]1OC(C)(C)O[C@]1(C(=O)OC)[C@H](O)c1ccccc1. The zero-order valence-electron chi connectivity index (χ0n) is 13.4. The molecular formula is C16H20O7. The predicted molar refractivity (Wildman–Crippen MR) is 78.2 cm³/mol. The fourth-order valence-corrected chi connectivity index (χ4v) is 2.69. The number of benzene rings is 1. The summed E-state index contributed by atoms with van der Waals surface area (Å²) in [7, 11) is 2.30. The quantitative estimate of drug-likeness (QED) is 0.825. The molecule has 7 nitrogen and oxygen atoms in total. The number of methoxy groups -OCH3 is 2.